The van der Waals surface area contributed by atoms with Gasteiger partial charge in [-0.2, -0.15) is 0 Å². The van der Waals surface area contributed by atoms with Gasteiger partial charge in [-0.25, -0.2) is 0 Å². The number of fused-ring (bicyclic) bond motifs is 1. The summed E-state index contributed by atoms with van der Waals surface area (Å²) in [6, 6.07) is 4.65. The van der Waals surface area contributed by atoms with Crippen LogP contribution in [0.15, 0.2) is 29.8 Å². The van der Waals surface area contributed by atoms with Crippen LogP contribution in [0.3, 0.4) is 0 Å². The van der Waals surface area contributed by atoms with Crippen molar-refractivity contribution in [2.45, 2.75) is 18.6 Å². The van der Waals surface area contributed by atoms with Gasteiger partial charge in [-0.3, -0.25) is 14.4 Å². The summed E-state index contributed by atoms with van der Waals surface area (Å²) in [6.07, 6.45) is -1.64. The Morgan fingerprint density at radius 3 is 2.50 bits per heavy atom. The molecule has 0 radical (unpaired) electrons. The summed E-state index contributed by atoms with van der Waals surface area (Å²) in [5, 5.41) is 10.4. The van der Waals surface area contributed by atoms with E-state index >= 15 is 0 Å². The number of methoxy groups -OCH3 is 3. The molecular weight excluding hydrogens is 316 g/mol. The van der Waals surface area contributed by atoms with Gasteiger partial charge in [-0.15, -0.1) is 0 Å². The molecule has 2 rings (SSSR count). The molecule has 0 unspecified atom stereocenters. The minimum absolute atomic E-state index is 0.128. The molecule has 0 spiro atoms. The van der Waals surface area contributed by atoms with Crippen LogP contribution in [0.2, 0.25) is 0 Å². The molecule has 0 amide bonds. The number of carbonyl (C=O) groups is 3. The quantitative estimate of drug-likeness (QED) is 0.773. The van der Waals surface area contributed by atoms with E-state index in [4.69, 9.17) is 9.47 Å². The molecule has 0 bridgehead atoms. The number of aliphatic hydroxyl groups is 1. The fourth-order valence-corrected chi connectivity index (χ4v) is 2.57. The van der Waals surface area contributed by atoms with E-state index in [1.807, 2.05) is 0 Å². The second kappa shape index (κ2) is 7.37. The zero-order chi connectivity index (χ0) is 17.9. The summed E-state index contributed by atoms with van der Waals surface area (Å²) in [5.74, 6) is -1.28. The zero-order valence-electron chi connectivity index (χ0n) is 13.6. The van der Waals surface area contributed by atoms with Gasteiger partial charge in [-0.1, -0.05) is 12.1 Å². The van der Waals surface area contributed by atoms with Crippen molar-refractivity contribution in [3.05, 3.63) is 41.0 Å². The van der Waals surface area contributed by atoms with Crippen LogP contribution in [0.5, 0.6) is 5.75 Å². The first-order chi connectivity index (χ1) is 11.4. The average molecular weight is 334 g/mol. The monoisotopic (exact) mass is 334 g/mol. The Labute approximate surface area is 138 Å². The van der Waals surface area contributed by atoms with Gasteiger partial charge in [0.05, 0.1) is 32.3 Å². The summed E-state index contributed by atoms with van der Waals surface area (Å²) in [5.41, 5.74) is 0.170. The Hall–Kier alpha value is -2.51. The lowest BCUT2D eigenvalue weighted by molar-refractivity contribution is -0.145. The molecule has 0 saturated carbocycles. The van der Waals surface area contributed by atoms with Gasteiger partial charge in [0.25, 0.3) is 0 Å². The molecule has 1 aromatic rings. The molecule has 0 fully saturated rings. The maximum Gasteiger partial charge on any atom is 0.308 e. The fraction of sp³-hybridized carbons (Fsp3) is 0.353. The first-order valence-electron chi connectivity index (χ1n) is 7.19. The average Bonchev–Trinajstić information content (AvgIpc) is 2.61. The highest BCUT2D eigenvalue weighted by molar-refractivity contribution is 6.26. The summed E-state index contributed by atoms with van der Waals surface area (Å²) in [7, 11) is 3.90. The Balaban J connectivity index is 2.37. The van der Waals surface area contributed by atoms with Crippen LogP contribution in [-0.2, 0) is 14.3 Å². The minimum atomic E-state index is -1.44. The van der Waals surface area contributed by atoms with Crippen LogP contribution >= 0.6 is 0 Å². The highest BCUT2D eigenvalue weighted by atomic mass is 16.5. The van der Waals surface area contributed by atoms with Crippen LogP contribution in [0.4, 0.5) is 0 Å². The number of aliphatic hydroxyl groups excluding tert-OH is 1. The van der Waals surface area contributed by atoms with E-state index in [-0.39, 0.29) is 28.9 Å². The normalized spacial score (nSPS) is 16.1. The number of allylic oxidation sites excluding steroid dienone is 1. The molecule has 7 nitrogen and oxygen atoms in total. The second-order valence-electron chi connectivity index (χ2n) is 5.18. The van der Waals surface area contributed by atoms with Crippen LogP contribution in [0.25, 0.3) is 0 Å². The molecule has 1 aliphatic rings. The summed E-state index contributed by atoms with van der Waals surface area (Å²) < 4.78 is 14.7. The lowest BCUT2D eigenvalue weighted by Gasteiger charge is -2.25. The number of benzene rings is 1. The number of Topliss-reactive ketones (excluding diaryl/α,β-unsaturated/α-hetero) is 1. The van der Waals surface area contributed by atoms with Crippen LogP contribution in [0, 0.1) is 0 Å². The predicted octanol–water partition coefficient (Wildman–Crippen LogP) is 0.940. The summed E-state index contributed by atoms with van der Waals surface area (Å²) in [6.45, 7) is 0. The van der Waals surface area contributed by atoms with Gasteiger partial charge in [0.1, 0.15) is 11.9 Å². The SMILES string of the molecule is COC(=O)C[C@H](OC)[C@@H](O)C1=CC(=O)c2c(OC)cccc2C1=O. The number of hydrogen-bond acceptors (Lipinski definition) is 7. The van der Waals surface area contributed by atoms with Crippen LogP contribution < -0.4 is 4.74 Å². The number of rotatable bonds is 6. The van der Waals surface area contributed by atoms with Crippen molar-refractivity contribution in [2.75, 3.05) is 21.3 Å². The van der Waals surface area contributed by atoms with Crippen molar-refractivity contribution in [1.29, 1.82) is 0 Å². The van der Waals surface area contributed by atoms with Crippen LogP contribution in [0.1, 0.15) is 27.1 Å². The van der Waals surface area contributed by atoms with Gasteiger partial charge in [0, 0.05) is 18.2 Å². The minimum Gasteiger partial charge on any atom is -0.496 e. The highest BCUT2D eigenvalue weighted by Crippen LogP contribution is 2.31. The first-order valence-corrected chi connectivity index (χ1v) is 7.19. The molecule has 0 aromatic heterocycles. The molecule has 24 heavy (non-hydrogen) atoms. The fourth-order valence-electron chi connectivity index (χ4n) is 2.57. The second-order valence-corrected chi connectivity index (χ2v) is 5.18. The third-order valence-corrected chi connectivity index (χ3v) is 3.86. The van der Waals surface area contributed by atoms with Gasteiger partial charge >= 0.3 is 5.97 Å². The maximum atomic E-state index is 12.6. The number of carbonyl (C=O) groups excluding carboxylic acids is 3. The Bertz CT molecular complexity index is 705. The van der Waals surface area contributed by atoms with Gasteiger partial charge < -0.3 is 19.3 Å². The molecule has 0 aliphatic heterocycles. The summed E-state index contributed by atoms with van der Waals surface area (Å²) >= 11 is 0. The van der Waals surface area contributed by atoms with E-state index in [1.54, 1.807) is 12.1 Å². The van der Waals surface area contributed by atoms with Gasteiger partial charge in [0.15, 0.2) is 11.6 Å². The molecule has 1 N–H and O–H groups in total. The molecule has 1 aliphatic carbocycles. The first kappa shape index (κ1) is 17.8. The van der Waals surface area contributed by atoms with Crippen molar-refractivity contribution >= 4 is 17.5 Å². The van der Waals surface area contributed by atoms with Crippen molar-refractivity contribution in [3.8, 4) is 5.75 Å². The standard InChI is InChI=1S/C17H18O7/c1-22-12-6-4-5-9-15(12)11(18)7-10(16(9)20)17(21)13(23-2)8-14(19)24-3/h4-7,13,17,21H,8H2,1-3H3/t13-,17-/m0/s1. The number of esters is 1. The smallest absolute Gasteiger partial charge is 0.308 e. The van der Waals surface area contributed by atoms with Crippen molar-refractivity contribution in [3.63, 3.8) is 0 Å². The molecule has 2 atom stereocenters. The Morgan fingerprint density at radius 1 is 1.21 bits per heavy atom. The topological polar surface area (TPSA) is 99.1 Å². The summed E-state index contributed by atoms with van der Waals surface area (Å²) in [4.78, 5) is 36.4. The van der Waals surface area contributed by atoms with E-state index in [0.717, 1.165) is 6.08 Å². The molecule has 7 heteroatoms. The van der Waals surface area contributed by atoms with Gasteiger partial charge in [0.2, 0.25) is 0 Å². The highest BCUT2D eigenvalue weighted by Gasteiger charge is 2.35. The molecule has 1 aromatic carbocycles. The molecule has 0 heterocycles. The number of ether oxygens (including phenoxy) is 3. The third kappa shape index (κ3) is 3.22. The van der Waals surface area contributed by atoms with Crippen molar-refractivity contribution in [2.24, 2.45) is 0 Å². The molecule has 128 valence electrons. The lowest BCUT2D eigenvalue weighted by atomic mass is 9.85. The number of ketones is 2. The predicted molar refractivity (Wildman–Crippen MR) is 83.2 cm³/mol. The molecular formula is C17H18O7. The Morgan fingerprint density at radius 2 is 1.92 bits per heavy atom. The third-order valence-electron chi connectivity index (χ3n) is 3.86. The van der Waals surface area contributed by atoms with E-state index in [1.165, 1.54) is 27.4 Å². The van der Waals surface area contributed by atoms with Crippen molar-refractivity contribution in [1.82, 2.24) is 0 Å². The lowest BCUT2D eigenvalue weighted by Crippen LogP contribution is -2.37. The Kier molecular flexibility index (Phi) is 5.48. The van der Waals surface area contributed by atoms with Gasteiger partial charge in [-0.05, 0) is 12.1 Å². The zero-order valence-corrected chi connectivity index (χ0v) is 13.6. The largest absolute Gasteiger partial charge is 0.496 e. The number of hydrogen-bond donors (Lipinski definition) is 1. The van der Waals surface area contributed by atoms with Crippen molar-refractivity contribution < 1.29 is 33.7 Å². The van der Waals surface area contributed by atoms with E-state index in [0.29, 0.717) is 0 Å². The maximum absolute atomic E-state index is 12.6. The van der Waals surface area contributed by atoms with E-state index in [2.05, 4.69) is 4.74 Å². The molecule has 0 saturated heterocycles. The van der Waals surface area contributed by atoms with E-state index in [9.17, 15) is 19.5 Å². The van der Waals surface area contributed by atoms with Crippen LogP contribution in [-0.4, -0.2) is 56.2 Å². The van der Waals surface area contributed by atoms with E-state index < -0.39 is 29.7 Å².